The van der Waals surface area contributed by atoms with Gasteiger partial charge in [-0.3, -0.25) is 0 Å². The molecule has 0 radical (unpaired) electrons. The molecule has 1 aromatic rings. The number of carboxylic acid groups (broad SMARTS) is 1. The van der Waals surface area contributed by atoms with Crippen molar-refractivity contribution in [2.24, 2.45) is 5.92 Å². The van der Waals surface area contributed by atoms with Crippen LogP contribution < -0.4 is 10.6 Å². The molecule has 1 aliphatic rings. The Labute approximate surface area is 117 Å². The lowest BCUT2D eigenvalue weighted by atomic mass is 10.0. The van der Waals surface area contributed by atoms with Crippen molar-refractivity contribution in [1.82, 2.24) is 5.32 Å². The zero-order chi connectivity index (χ0) is 14.5. The molecule has 2 unspecified atom stereocenters. The Morgan fingerprint density at radius 1 is 1.35 bits per heavy atom. The summed E-state index contributed by atoms with van der Waals surface area (Å²) in [5, 5.41) is 14.3. The Bertz CT molecular complexity index is 480. The van der Waals surface area contributed by atoms with Crippen molar-refractivity contribution < 1.29 is 19.4 Å². The average molecular weight is 278 g/mol. The van der Waals surface area contributed by atoms with Gasteiger partial charge in [0.15, 0.2) is 0 Å². The van der Waals surface area contributed by atoms with Gasteiger partial charge in [-0.25, -0.2) is 9.59 Å². The van der Waals surface area contributed by atoms with Crippen molar-refractivity contribution in [1.29, 1.82) is 0 Å². The molecule has 2 rings (SSSR count). The van der Waals surface area contributed by atoms with Gasteiger partial charge in [0.1, 0.15) is 0 Å². The van der Waals surface area contributed by atoms with Crippen molar-refractivity contribution in [3.05, 3.63) is 29.8 Å². The maximum absolute atomic E-state index is 11.8. The van der Waals surface area contributed by atoms with Gasteiger partial charge < -0.3 is 20.5 Å². The Balaban J connectivity index is 1.85. The molecule has 3 N–H and O–H groups in total. The van der Waals surface area contributed by atoms with Gasteiger partial charge in [-0.15, -0.1) is 0 Å². The van der Waals surface area contributed by atoms with Gasteiger partial charge in [0.2, 0.25) is 0 Å². The van der Waals surface area contributed by atoms with Gasteiger partial charge in [-0.1, -0.05) is 0 Å². The molecule has 108 valence electrons. The third kappa shape index (κ3) is 3.71. The minimum atomic E-state index is -0.990. The van der Waals surface area contributed by atoms with Crippen LogP contribution in [0, 0.1) is 5.92 Å². The Morgan fingerprint density at radius 3 is 2.60 bits per heavy atom. The molecule has 0 saturated carbocycles. The van der Waals surface area contributed by atoms with Gasteiger partial charge in [0.05, 0.1) is 12.2 Å². The first-order chi connectivity index (χ1) is 9.56. The first-order valence-electron chi connectivity index (χ1n) is 6.55. The number of amides is 2. The predicted molar refractivity (Wildman–Crippen MR) is 73.9 cm³/mol. The summed E-state index contributed by atoms with van der Waals surface area (Å²) in [5.74, 6) is -0.647. The highest BCUT2D eigenvalue weighted by molar-refractivity contribution is 5.91. The molecule has 0 aliphatic carbocycles. The summed E-state index contributed by atoms with van der Waals surface area (Å²) < 4.78 is 5.29. The van der Waals surface area contributed by atoms with E-state index in [2.05, 4.69) is 10.6 Å². The second kappa shape index (κ2) is 6.38. The number of carboxylic acids is 1. The minimum absolute atomic E-state index is 0.0378. The van der Waals surface area contributed by atoms with Crippen molar-refractivity contribution in [3.63, 3.8) is 0 Å². The van der Waals surface area contributed by atoms with E-state index in [0.29, 0.717) is 18.2 Å². The van der Waals surface area contributed by atoms with Crippen LogP contribution in [0.3, 0.4) is 0 Å². The zero-order valence-electron chi connectivity index (χ0n) is 11.3. The highest BCUT2D eigenvalue weighted by atomic mass is 16.5. The number of anilines is 1. The number of aromatic carboxylic acids is 1. The average Bonchev–Trinajstić information content (AvgIpc) is 2.93. The zero-order valence-corrected chi connectivity index (χ0v) is 11.3. The molecular weight excluding hydrogens is 260 g/mol. The summed E-state index contributed by atoms with van der Waals surface area (Å²) in [6.07, 6.45) is 0.953. The Kier molecular flexibility index (Phi) is 4.57. The van der Waals surface area contributed by atoms with Crippen LogP contribution in [0.25, 0.3) is 0 Å². The largest absolute Gasteiger partial charge is 0.478 e. The van der Waals surface area contributed by atoms with Crippen LogP contribution in [0.4, 0.5) is 10.5 Å². The first-order valence-corrected chi connectivity index (χ1v) is 6.55. The summed E-state index contributed by atoms with van der Waals surface area (Å²) in [4.78, 5) is 22.5. The van der Waals surface area contributed by atoms with E-state index in [9.17, 15) is 9.59 Å². The predicted octanol–water partition coefficient (Wildman–Crippen LogP) is 1.93. The van der Waals surface area contributed by atoms with E-state index in [0.717, 1.165) is 13.0 Å². The summed E-state index contributed by atoms with van der Waals surface area (Å²) >= 11 is 0. The molecule has 6 nitrogen and oxygen atoms in total. The molecule has 1 fully saturated rings. The first kappa shape index (κ1) is 14.3. The van der Waals surface area contributed by atoms with Gasteiger partial charge in [0.25, 0.3) is 0 Å². The van der Waals surface area contributed by atoms with E-state index in [-0.39, 0.29) is 17.6 Å². The number of rotatable bonds is 4. The highest BCUT2D eigenvalue weighted by Gasteiger charge is 2.23. The fraction of sp³-hybridized carbons (Fsp3) is 0.429. The molecule has 1 aromatic carbocycles. The molecule has 2 atom stereocenters. The highest BCUT2D eigenvalue weighted by Crippen LogP contribution is 2.16. The molecular formula is C14H18N2O4. The number of hydrogen-bond donors (Lipinski definition) is 3. The topological polar surface area (TPSA) is 87.7 Å². The van der Waals surface area contributed by atoms with E-state index in [1.807, 2.05) is 6.92 Å². The molecule has 1 heterocycles. The summed E-state index contributed by atoms with van der Waals surface area (Å²) in [6, 6.07) is 5.76. The van der Waals surface area contributed by atoms with Crippen LogP contribution in [0.2, 0.25) is 0 Å². The second-order valence-electron chi connectivity index (χ2n) is 4.89. The van der Waals surface area contributed by atoms with Crippen molar-refractivity contribution in [2.75, 3.05) is 18.5 Å². The van der Waals surface area contributed by atoms with Crippen LogP contribution >= 0.6 is 0 Å². The smallest absolute Gasteiger partial charge is 0.335 e. The fourth-order valence-corrected chi connectivity index (χ4v) is 2.14. The Hall–Kier alpha value is -2.08. The number of carbonyl (C=O) groups excluding carboxylic acids is 1. The van der Waals surface area contributed by atoms with Crippen molar-refractivity contribution in [2.45, 2.75) is 19.4 Å². The van der Waals surface area contributed by atoms with Crippen LogP contribution in [-0.4, -0.2) is 36.4 Å². The molecule has 0 aromatic heterocycles. The monoisotopic (exact) mass is 278 g/mol. The van der Waals surface area contributed by atoms with Crippen molar-refractivity contribution in [3.8, 4) is 0 Å². The number of ether oxygens (including phenoxy) is 1. The van der Waals surface area contributed by atoms with Crippen LogP contribution in [-0.2, 0) is 4.74 Å². The number of urea groups is 1. The summed E-state index contributed by atoms with van der Waals surface area (Å²) in [7, 11) is 0. The molecule has 20 heavy (non-hydrogen) atoms. The molecule has 0 spiro atoms. The minimum Gasteiger partial charge on any atom is -0.478 e. The molecule has 1 aliphatic heterocycles. The van der Waals surface area contributed by atoms with Crippen LogP contribution in [0.1, 0.15) is 23.7 Å². The standard InChI is InChI=1S/C14H18N2O4/c1-9(11-6-7-20-8-11)15-14(19)16-12-4-2-10(3-5-12)13(17)18/h2-5,9,11H,6-8H2,1H3,(H,17,18)(H2,15,16,19). The summed E-state index contributed by atoms with van der Waals surface area (Å²) in [6.45, 7) is 3.37. The molecule has 0 bridgehead atoms. The number of hydrogen-bond acceptors (Lipinski definition) is 3. The van der Waals surface area contributed by atoms with Gasteiger partial charge in [-0.2, -0.15) is 0 Å². The number of carbonyl (C=O) groups is 2. The third-order valence-electron chi connectivity index (χ3n) is 3.42. The van der Waals surface area contributed by atoms with Crippen molar-refractivity contribution >= 4 is 17.7 Å². The van der Waals surface area contributed by atoms with Gasteiger partial charge in [-0.05, 0) is 37.6 Å². The van der Waals surface area contributed by atoms with E-state index < -0.39 is 5.97 Å². The van der Waals surface area contributed by atoms with E-state index in [1.54, 1.807) is 12.1 Å². The van der Waals surface area contributed by atoms with E-state index >= 15 is 0 Å². The summed E-state index contributed by atoms with van der Waals surface area (Å²) in [5.41, 5.74) is 0.745. The lowest BCUT2D eigenvalue weighted by Crippen LogP contribution is -2.40. The lowest BCUT2D eigenvalue weighted by Gasteiger charge is -2.19. The lowest BCUT2D eigenvalue weighted by molar-refractivity contribution is 0.0697. The van der Waals surface area contributed by atoms with Gasteiger partial charge in [0, 0.05) is 24.3 Å². The molecule has 1 saturated heterocycles. The quantitative estimate of drug-likeness (QED) is 0.785. The molecule has 6 heteroatoms. The van der Waals surface area contributed by atoms with E-state index in [4.69, 9.17) is 9.84 Å². The van der Waals surface area contributed by atoms with Gasteiger partial charge >= 0.3 is 12.0 Å². The second-order valence-corrected chi connectivity index (χ2v) is 4.89. The number of nitrogens with one attached hydrogen (secondary N) is 2. The Morgan fingerprint density at radius 2 is 2.05 bits per heavy atom. The third-order valence-corrected chi connectivity index (χ3v) is 3.42. The maximum atomic E-state index is 11.8. The fourth-order valence-electron chi connectivity index (χ4n) is 2.14. The SMILES string of the molecule is CC(NC(=O)Nc1ccc(C(=O)O)cc1)C1CCOC1. The van der Waals surface area contributed by atoms with Crippen LogP contribution in [0.15, 0.2) is 24.3 Å². The van der Waals surface area contributed by atoms with Crippen LogP contribution in [0.5, 0.6) is 0 Å². The van der Waals surface area contributed by atoms with E-state index in [1.165, 1.54) is 12.1 Å². The number of benzene rings is 1. The maximum Gasteiger partial charge on any atom is 0.335 e. The normalized spacial score (nSPS) is 19.4. The molecule has 2 amide bonds.